The van der Waals surface area contributed by atoms with E-state index < -0.39 is 21.8 Å². The van der Waals surface area contributed by atoms with Gasteiger partial charge in [0.15, 0.2) is 23.0 Å². The van der Waals surface area contributed by atoms with Crippen molar-refractivity contribution in [2.75, 3.05) is 13.6 Å². The molecule has 2 aliphatic rings. The van der Waals surface area contributed by atoms with Crippen molar-refractivity contribution in [3.63, 3.8) is 0 Å². The van der Waals surface area contributed by atoms with E-state index in [1.54, 1.807) is 42.5 Å². The van der Waals surface area contributed by atoms with Gasteiger partial charge in [-0.3, -0.25) is 4.79 Å². The Kier molecular flexibility index (Phi) is 8.33. The van der Waals surface area contributed by atoms with E-state index in [0.29, 0.717) is 28.6 Å². The number of hydrogen-bond acceptors (Lipinski definition) is 7. The zero-order chi connectivity index (χ0) is 24.6. The van der Waals surface area contributed by atoms with Crippen molar-refractivity contribution >= 4 is 67.3 Å². The van der Waals surface area contributed by atoms with Crippen LogP contribution in [0.4, 0.5) is 0 Å². The predicted octanol–water partition coefficient (Wildman–Crippen LogP) is 3.45. The van der Waals surface area contributed by atoms with Crippen molar-refractivity contribution in [1.29, 1.82) is 0 Å². The summed E-state index contributed by atoms with van der Waals surface area (Å²) in [5.41, 5.74) is 2.41. The van der Waals surface area contributed by atoms with Crippen LogP contribution in [-0.4, -0.2) is 79.3 Å². The molecule has 36 heavy (non-hydrogen) atoms. The van der Waals surface area contributed by atoms with Crippen LogP contribution in [0.1, 0.15) is 42.4 Å². The standard InChI is InChI=1S/C26H25NO7S.K.H/c1-16(2)18-4-7-20(8-5-18)35(29,30)27-26(28)21(19-6-10-23-25(13-19)34-15-32-23)11-17-3-9-22-24(12-17)33-14-31-22;;/h3-10,12-13,16,21H,11,14-15H2,1-2H3,(H,27,28);;. The molecule has 3 aromatic carbocycles. The van der Waals surface area contributed by atoms with Crippen LogP contribution in [0.3, 0.4) is 0 Å². The molecule has 8 nitrogen and oxygen atoms in total. The number of nitrogens with one attached hydrogen (secondary N) is 1. The van der Waals surface area contributed by atoms with Gasteiger partial charge in [-0.05, 0) is 65.4 Å². The number of fused-ring (bicyclic) bond motifs is 2. The van der Waals surface area contributed by atoms with E-state index in [0.717, 1.165) is 11.1 Å². The van der Waals surface area contributed by atoms with Crippen LogP contribution in [0.5, 0.6) is 23.0 Å². The van der Waals surface area contributed by atoms with Crippen LogP contribution in [0.2, 0.25) is 0 Å². The first-order valence-electron chi connectivity index (χ1n) is 11.2. The van der Waals surface area contributed by atoms with Gasteiger partial charge in [-0.2, -0.15) is 0 Å². The van der Waals surface area contributed by atoms with Crippen molar-refractivity contribution in [3.05, 3.63) is 77.4 Å². The number of ether oxygens (including phenoxy) is 4. The molecule has 2 aliphatic heterocycles. The van der Waals surface area contributed by atoms with E-state index in [4.69, 9.17) is 18.9 Å². The molecule has 10 heteroatoms. The molecule has 0 radical (unpaired) electrons. The molecule has 1 atom stereocenters. The molecular formula is C26H26KNO7S. The summed E-state index contributed by atoms with van der Waals surface area (Å²) in [6, 6.07) is 17.1. The average molecular weight is 536 g/mol. The fourth-order valence-electron chi connectivity index (χ4n) is 4.09. The summed E-state index contributed by atoms with van der Waals surface area (Å²) in [4.78, 5) is 13.5. The van der Waals surface area contributed by atoms with Crippen LogP contribution < -0.4 is 23.7 Å². The third-order valence-corrected chi connectivity index (χ3v) is 7.45. The minimum atomic E-state index is -4.07. The Morgan fingerprint density at radius 2 is 1.36 bits per heavy atom. The van der Waals surface area contributed by atoms with Crippen molar-refractivity contribution < 1.29 is 32.2 Å². The molecule has 0 bridgehead atoms. The zero-order valence-electron chi connectivity index (χ0n) is 19.3. The van der Waals surface area contributed by atoms with Gasteiger partial charge in [0.25, 0.3) is 10.0 Å². The van der Waals surface area contributed by atoms with Crippen LogP contribution in [-0.2, 0) is 21.2 Å². The van der Waals surface area contributed by atoms with Gasteiger partial charge in [0.05, 0.1) is 10.8 Å². The first kappa shape index (κ1) is 27.0. The molecule has 0 aromatic heterocycles. The number of hydrogen-bond donors (Lipinski definition) is 1. The van der Waals surface area contributed by atoms with Crippen molar-refractivity contribution in [1.82, 2.24) is 4.72 Å². The Labute approximate surface area is 252 Å². The van der Waals surface area contributed by atoms with Gasteiger partial charge in [-0.15, -0.1) is 0 Å². The number of carbonyl (C=O) groups is 1. The maximum atomic E-state index is 13.4. The second-order valence-corrected chi connectivity index (χ2v) is 10.4. The maximum absolute atomic E-state index is 13.4. The van der Waals surface area contributed by atoms with Gasteiger partial charge in [-0.25, -0.2) is 13.1 Å². The van der Waals surface area contributed by atoms with Crippen LogP contribution in [0, 0.1) is 0 Å². The number of benzene rings is 3. The second-order valence-electron chi connectivity index (χ2n) is 8.75. The van der Waals surface area contributed by atoms with E-state index in [9.17, 15) is 13.2 Å². The van der Waals surface area contributed by atoms with Crippen LogP contribution >= 0.6 is 0 Å². The van der Waals surface area contributed by atoms with Gasteiger partial charge in [0, 0.05) is 0 Å². The molecule has 1 N–H and O–H groups in total. The Balaban J connectivity index is 0.00000304. The summed E-state index contributed by atoms with van der Waals surface area (Å²) in [6.07, 6.45) is 0.240. The molecule has 3 aromatic rings. The Bertz CT molecular complexity index is 1370. The number of rotatable bonds is 7. The monoisotopic (exact) mass is 535 g/mol. The Hall–Kier alpha value is -2.08. The van der Waals surface area contributed by atoms with E-state index >= 15 is 0 Å². The second kappa shape index (κ2) is 11.1. The fourth-order valence-corrected chi connectivity index (χ4v) is 5.11. The first-order chi connectivity index (χ1) is 16.8. The first-order valence-corrected chi connectivity index (χ1v) is 12.7. The molecule has 1 amide bonds. The molecular weight excluding hydrogens is 509 g/mol. The fraction of sp³-hybridized carbons (Fsp3) is 0.269. The molecule has 0 spiro atoms. The van der Waals surface area contributed by atoms with Gasteiger partial charge in [0.2, 0.25) is 19.5 Å². The van der Waals surface area contributed by atoms with E-state index in [-0.39, 0.29) is 82.2 Å². The zero-order valence-corrected chi connectivity index (χ0v) is 20.1. The normalized spacial score (nSPS) is 14.3. The number of sulfonamides is 1. The predicted molar refractivity (Wildman–Crippen MR) is 135 cm³/mol. The van der Waals surface area contributed by atoms with Crippen molar-refractivity contribution in [3.8, 4) is 23.0 Å². The molecule has 0 fully saturated rings. The number of carbonyl (C=O) groups excluding carboxylic acids is 1. The topological polar surface area (TPSA) is 100 Å². The summed E-state index contributed by atoms with van der Waals surface area (Å²) in [5, 5.41) is 0. The third kappa shape index (κ3) is 5.74. The summed E-state index contributed by atoms with van der Waals surface area (Å²) in [5.74, 6) is 1.12. The molecule has 0 saturated heterocycles. The summed E-state index contributed by atoms with van der Waals surface area (Å²) < 4.78 is 50.0. The molecule has 0 saturated carbocycles. The van der Waals surface area contributed by atoms with Gasteiger partial charge in [-0.1, -0.05) is 38.1 Å². The summed E-state index contributed by atoms with van der Waals surface area (Å²) in [6.45, 7) is 4.28. The Morgan fingerprint density at radius 1 is 0.806 bits per heavy atom. The Morgan fingerprint density at radius 3 is 2.00 bits per heavy atom. The van der Waals surface area contributed by atoms with Crippen molar-refractivity contribution in [2.24, 2.45) is 0 Å². The van der Waals surface area contributed by atoms with Crippen LogP contribution in [0.25, 0.3) is 0 Å². The molecule has 2 heterocycles. The molecule has 0 aliphatic carbocycles. The average Bonchev–Trinajstić information content (AvgIpc) is 3.50. The molecule has 1 unspecified atom stereocenters. The summed E-state index contributed by atoms with van der Waals surface area (Å²) in [7, 11) is -4.07. The minimum absolute atomic E-state index is 0. The van der Waals surface area contributed by atoms with Gasteiger partial charge in [0.1, 0.15) is 0 Å². The quantitative estimate of drug-likeness (QED) is 0.463. The van der Waals surface area contributed by atoms with Crippen LogP contribution in [0.15, 0.2) is 65.6 Å². The van der Waals surface area contributed by atoms with Crippen molar-refractivity contribution in [2.45, 2.75) is 37.0 Å². The molecule has 184 valence electrons. The van der Waals surface area contributed by atoms with Gasteiger partial charge >= 0.3 is 51.4 Å². The van der Waals surface area contributed by atoms with Gasteiger partial charge < -0.3 is 18.9 Å². The molecule has 5 rings (SSSR count). The van der Waals surface area contributed by atoms with E-state index in [2.05, 4.69) is 4.72 Å². The number of amides is 1. The van der Waals surface area contributed by atoms with E-state index in [1.165, 1.54) is 12.1 Å². The SMILES string of the molecule is CC(C)c1ccc(S(=O)(=O)NC(=O)C(Cc2ccc3c(c2)OCO3)c2ccc3c(c2)OCO3)cc1.[KH]. The third-order valence-electron chi connectivity index (χ3n) is 6.08. The van der Waals surface area contributed by atoms with E-state index in [1.807, 2.05) is 19.9 Å². The summed E-state index contributed by atoms with van der Waals surface area (Å²) >= 11 is 0.